The molecule has 26 heavy (non-hydrogen) atoms. The van der Waals surface area contributed by atoms with Crippen LogP contribution in [-0.2, 0) is 6.42 Å². The van der Waals surface area contributed by atoms with Crippen LogP contribution in [0.2, 0.25) is 0 Å². The Morgan fingerprint density at radius 2 is 2.27 bits per heavy atom. The standard InChI is InChI=1S/C19H21N7/c1-2-13-10-22-19(23-14-4-3-7-21-11-14)24-17(13)18-15-6-5-12(9-20)8-16(15)25-26-18/h5-6,8,10,14,21H,2-4,7,11H2,1H3,(H,25,26)(H,22,23,24). The molecule has 3 N–H and O–H groups in total. The van der Waals surface area contributed by atoms with Crippen LogP contribution in [0.4, 0.5) is 5.95 Å². The zero-order valence-corrected chi connectivity index (χ0v) is 14.7. The van der Waals surface area contributed by atoms with Gasteiger partial charge in [-0.15, -0.1) is 0 Å². The third kappa shape index (κ3) is 3.11. The average Bonchev–Trinajstić information content (AvgIpc) is 3.11. The minimum absolute atomic E-state index is 0.346. The molecule has 1 saturated heterocycles. The molecule has 2 aromatic heterocycles. The predicted molar refractivity (Wildman–Crippen MR) is 101 cm³/mol. The largest absolute Gasteiger partial charge is 0.350 e. The fourth-order valence-corrected chi connectivity index (χ4v) is 3.37. The van der Waals surface area contributed by atoms with Crippen LogP contribution < -0.4 is 10.6 Å². The molecule has 7 heteroatoms. The van der Waals surface area contributed by atoms with E-state index in [4.69, 9.17) is 10.2 Å². The number of aryl methyl sites for hydroxylation is 1. The maximum atomic E-state index is 9.08. The SMILES string of the molecule is CCc1cnc(NC2CCCNC2)nc1-c1n[nH]c2cc(C#N)ccc12. The number of hydrogen-bond acceptors (Lipinski definition) is 6. The summed E-state index contributed by atoms with van der Waals surface area (Å²) in [7, 11) is 0. The Labute approximate surface area is 151 Å². The summed E-state index contributed by atoms with van der Waals surface area (Å²) in [6.45, 7) is 4.09. The first-order chi connectivity index (χ1) is 12.8. The third-order valence-corrected chi connectivity index (χ3v) is 4.79. The summed E-state index contributed by atoms with van der Waals surface area (Å²) in [6, 6.07) is 8.04. The van der Waals surface area contributed by atoms with Gasteiger partial charge in [0.25, 0.3) is 0 Å². The van der Waals surface area contributed by atoms with Crippen LogP contribution in [0.15, 0.2) is 24.4 Å². The third-order valence-electron chi connectivity index (χ3n) is 4.79. The maximum Gasteiger partial charge on any atom is 0.223 e. The van der Waals surface area contributed by atoms with E-state index in [0.717, 1.165) is 60.2 Å². The predicted octanol–water partition coefficient (Wildman–Crippen LogP) is 2.62. The Hall–Kier alpha value is -2.98. The summed E-state index contributed by atoms with van der Waals surface area (Å²) in [5.41, 5.74) is 4.14. The molecule has 0 aliphatic carbocycles. The van der Waals surface area contributed by atoms with Crippen LogP contribution in [0.5, 0.6) is 0 Å². The first-order valence-electron chi connectivity index (χ1n) is 9.00. The first kappa shape index (κ1) is 16.5. The highest BCUT2D eigenvalue weighted by Crippen LogP contribution is 2.29. The van der Waals surface area contributed by atoms with Gasteiger partial charge in [0.05, 0.1) is 22.8 Å². The number of aromatic nitrogens is 4. The number of hydrogen-bond donors (Lipinski definition) is 3. The van der Waals surface area contributed by atoms with Crippen molar-refractivity contribution in [1.29, 1.82) is 5.26 Å². The van der Waals surface area contributed by atoms with Crippen molar-refractivity contribution in [3.05, 3.63) is 35.5 Å². The van der Waals surface area contributed by atoms with Gasteiger partial charge in [-0.25, -0.2) is 9.97 Å². The Morgan fingerprint density at radius 1 is 1.35 bits per heavy atom. The number of nitriles is 1. The van der Waals surface area contributed by atoms with Gasteiger partial charge in [-0.1, -0.05) is 6.92 Å². The molecule has 132 valence electrons. The topological polar surface area (TPSA) is 102 Å². The number of rotatable bonds is 4. The Balaban J connectivity index is 1.72. The Bertz CT molecular complexity index is 964. The van der Waals surface area contributed by atoms with Gasteiger partial charge in [-0.3, -0.25) is 5.10 Å². The van der Waals surface area contributed by atoms with Gasteiger partial charge in [-0.05, 0) is 49.6 Å². The van der Waals surface area contributed by atoms with Crippen LogP contribution in [-0.4, -0.2) is 39.3 Å². The lowest BCUT2D eigenvalue weighted by Gasteiger charge is -2.24. The van der Waals surface area contributed by atoms with E-state index in [0.29, 0.717) is 17.6 Å². The van der Waals surface area contributed by atoms with E-state index >= 15 is 0 Å². The molecule has 1 unspecified atom stereocenters. The van der Waals surface area contributed by atoms with Crippen molar-refractivity contribution in [2.75, 3.05) is 18.4 Å². The molecule has 1 fully saturated rings. The molecule has 0 spiro atoms. The van der Waals surface area contributed by atoms with Gasteiger partial charge < -0.3 is 10.6 Å². The monoisotopic (exact) mass is 347 g/mol. The van der Waals surface area contributed by atoms with Crippen molar-refractivity contribution in [3.63, 3.8) is 0 Å². The van der Waals surface area contributed by atoms with E-state index in [-0.39, 0.29) is 0 Å². The normalized spacial score (nSPS) is 17.2. The highest BCUT2D eigenvalue weighted by atomic mass is 15.2. The van der Waals surface area contributed by atoms with Crippen LogP contribution in [0.3, 0.4) is 0 Å². The minimum Gasteiger partial charge on any atom is -0.350 e. The molecular formula is C19H21N7. The van der Waals surface area contributed by atoms with Crippen molar-refractivity contribution >= 4 is 16.9 Å². The van der Waals surface area contributed by atoms with Gasteiger partial charge in [-0.2, -0.15) is 10.4 Å². The summed E-state index contributed by atoms with van der Waals surface area (Å²) in [5.74, 6) is 0.635. The van der Waals surface area contributed by atoms with E-state index < -0.39 is 0 Å². The molecule has 0 saturated carbocycles. The molecule has 1 aliphatic rings. The molecule has 3 heterocycles. The lowest BCUT2D eigenvalue weighted by atomic mass is 10.1. The van der Waals surface area contributed by atoms with E-state index in [1.54, 1.807) is 6.07 Å². The number of nitrogens with one attached hydrogen (secondary N) is 3. The molecule has 1 aliphatic heterocycles. The minimum atomic E-state index is 0.346. The quantitative estimate of drug-likeness (QED) is 0.670. The summed E-state index contributed by atoms with van der Waals surface area (Å²) in [5, 5.41) is 24.4. The number of fused-ring (bicyclic) bond motifs is 1. The second-order valence-corrected chi connectivity index (χ2v) is 6.55. The number of H-pyrrole nitrogens is 1. The second-order valence-electron chi connectivity index (χ2n) is 6.55. The smallest absolute Gasteiger partial charge is 0.223 e. The molecule has 7 nitrogen and oxygen atoms in total. The van der Waals surface area contributed by atoms with Gasteiger partial charge in [0.15, 0.2) is 0 Å². The zero-order valence-electron chi connectivity index (χ0n) is 14.7. The summed E-state index contributed by atoms with van der Waals surface area (Å²) in [6.07, 6.45) is 4.97. The molecule has 0 amide bonds. The van der Waals surface area contributed by atoms with Crippen molar-refractivity contribution < 1.29 is 0 Å². The van der Waals surface area contributed by atoms with Crippen LogP contribution in [0.1, 0.15) is 30.9 Å². The molecular weight excluding hydrogens is 326 g/mol. The summed E-state index contributed by atoms with van der Waals surface area (Å²) in [4.78, 5) is 9.27. The fraction of sp³-hybridized carbons (Fsp3) is 0.368. The average molecular weight is 347 g/mol. The maximum absolute atomic E-state index is 9.08. The van der Waals surface area contributed by atoms with Gasteiger partial charge >= 0.3 is 0 Å². The van der Waals surface area contributed by atoms with E-state index in [1.807, 2.05) is 18.3 Å². The summed E-state index contributed by atoms with van der Waals surface area (Å²) < 4.78 is 0. The molecule has 1 aromatic carbocycles. The zero-order chi connectivity index (χ0) is 17.9. The highest BCUT2D eigenvalue weighted by Gasteiger charge is 2.18. The summed E-state index contributed by atoms with van der Waals surface area (Å²) >= 11 is 0. The first-order valence-corrected chi connectivity index (χ1v) is 9.00. The van der Waals surface area contributed by atoms with Gasteiger partial charge in [0, 0.05) is 24.2 Å². The highest BCUT2D eigenvalue weighted by molar-refractivity contribution is 5.93. The van der Waals surface area contributed by atoms with Crippen LogP contribution in [0, 0.1) is 11.3 Å². The number of benzene rings is 1. The van der Waals surface area contributed by atoms with Crippen molar-refractivity contribution in [1.82, 2.24) is 25.5 Å². The number of nitrogens with zero attached hydrogens (tertiary/aromatic N) is 4. The fourth-order valence-electron chi connectivity index (χ4n) is 3.37. The molecule has 1 atom stereocenters. The number of anilines is 1. The van der Waals surface area contributed by atoms with Gasteiger partial charge in [0.2, 0.25) is 5.95 Å². The van der Waals surface area contributed by atoms with E-state index in [9.17, 15) is 0 Å². The van der Waals surface area contributed by atoms with Crippen LogP contribution >= 0.6 is 0 Å². The second kappa shape index (κ2) is 7.10. The van der Waals surface area contributed by atoms with E-state index in [2.05, 4.69) is 38.8 Å². The number of piperidine rings is 1. The molecule has 3 aromatic rings. The Kier molecular flexibility index (Phi) is 4.50. The number of aromatic amines is 1. The molecule has 0 radical (unpaired) electrons. The van der Waals surface area contributed by atoms with E-state index in [1.165, 1.54) is 0 Å². The molecule has 0 bridgehead atoms. The lowest BCUT2D eigenvalue weighted by Crippen LogP contribution is -2.38. The van der Waals surface area contributed by atoms with Crippen LogP contribution in [0.25, 0.3) is 22.3 Å². The lowest BCUT2D eigenvalue weighted by molar-refractivity contribution is 0.478. The van der Waals surface area contributed by atoms with Crippen molar-refractivity contribution in [2.24, 2.45) is 0 Å². The Morgan fingerprint density at radius 3 is 3.04 bits per heavy atom. The van der Waals surface area contributed by atoms with Crippen molar-refractivity contribution in [2.45, 2.75) is 32.2 Å². The molecule has 4 rings (SSSR count). The van der Waals surface area contributed by atoms with Crippen molar-refractivity contribution in [3.8, 4) is 17.5 Å². The van der Waals surface area contributed by atoms with Gasteiger partial charge in [0.1, 0.15) is 5.69 Å².